The van der Waals surface area contributed by atoms with Crippen LogP contribution in [0.3, 0.4) is 0 Å². The van der Waals surface area contributed by atoms with Crippen molar-refractivity contribution in [3.8, 4) is 17.2 Å². The average molecular weight is 502 g/mol. The van der Waals surface area contributed by atoms with E-state index in [4.69, 9.17) is 14.6 Å². The van der Waals surface area contributed by atoms with Crippen LogP contribution in [0.4, 0.5) is 13.2 Å². The van der Waals surface area contributed by atoms with Crippen LogP contribution < -0.4 is 9.47 Å². The van der Waals surface area contributed by atoms with Gasteiger partial charge in [-0.3, -0.25) is 0 Å². The van der Waals surface area contributed by atoms with E-state index in [1.165, 1.54) is 30.3 Å². The Labute approximate surface area is 208 Å². The van der Waals surface area contributed by atoms with E-state index < -0.39 is 18.4 Å². The number of benzene rings is 3. The minimum absolute atomic E-state index is 0.0241. The minimum atomic E-state index is -0.879. The Balaban J connectivity index is 1.33. The molecule has 8 heteroatoms. The predicted molar refractivity (Wildman–Crippen MR) is 130 cm³/mol. The second kappa shape index (κ2) is 12.1. The minimum Gasteiger partial charge on any atom is -0.508 e. The summed E-state index contributed by atoms with van der Waals surface area (Å²) in [6.07, 6.45) is 2.51. The molecule has 1 aliphatic heterocycles. The lowest BCUT2D eigenvalue weighted by molar-refractivity contribution is 0.0936. The smallest absolute Gasteiger partial charge is 0.186 e. The summed E-state index contributed by atoms with van der Waals surface area (Å²) >= 11 is 0. The fourth-order valence-electron chi connectivity index (χ4n) is 4.89. The zero-order valence-electron chi connectivity index (χ0n) is 19.9. The van der Waals surface area contributed by atoms with E-state index in [9.17, 15) is 18.3 Å². The van der Waals surface area contributed by atoms with E-state index in [0.717, 1.165) is 50.5 Å². The molecule has 0 spiro atoms. The molecule has 1 saturated heterocycles. The monoisotopic (exact) mass is 501 g/mol. The third kappa shape index (κ3) is 6.50. The maximum atomic E-state index is 14.0. The molecule has 3 aromatic carbocycles. The maximum absolute atomic E-state index is 14.0. The van der Waals surface area contributed by atoms with E-state index >= 15 is 0 Å². The lowest BCUT2D eigenvalue weighted by Crippen LogP contribution is -2.37. The van der Waals surface area contributed by atoms with Gasteiger partial charge in [0, 0.05) is 18.5 Å². The Kier molecular flexibility index (Phi) is 8.72. The van der Waals surface area contributed by atoms with Crippen LogP contribution in [-0.2, 0) is 0 Å². The summed E-state index contributed by atoms with van der Waals surface area (Å²) in [6.45, 7) is 2.46. The fourth-order valence-corrected chi connectivity index (χ4v) is 4.89. The molecule has 0 saturated carbocycles. The predicted octanol–water partition coefficient (Wildman–Crippen LogP) is 5.45. The summed E-state index contributed by atoms with van der Waals surface area (Å²) in [6, 6.07) is 14.8. The molecule has 0 aromatic heterocycles. The molecule has 1 atom stereocenters. The number of rotatable bonds is 10. The summed E-state index contributed by atoms with van der Waals surface area (Å²) < 4.78 is 52.0. The number of nitrogens with zero attached hydrogens (tertiary/aromatic N) is 1. The van der Waals surface area contributed by atoms with Crippen LogP contribution >= 0.6 is 0 Å². The highest BCUT2D eigenvalue weighted by Crippen LogP contribution is 2.38. The summed E-state index contributed by atoms with van der Waals surface area (Å²) in [5.74, 6) is -1.27. The molecule has 5 nitrogen and oxygen atoms in total. The van der Waals surface area contributed by atoms with Gasteiger partial charge in [0.2, 0.25) is 0 Å². The van der Waals surface area contributed by atoms with Crippen LogP contribution in [0.25, 0.3) is 0 Å². The van der Waals surface area contributed by atoms with Crippen molar-refractivity contribution in [3.05, 3.63) is 89.2 Å². The molecule has 1 fully saturated rings. The highest BCUT2D eigenvalue weighted by Gasteiger charge is 2.29. The molecular formula is C28H30F3NO4. The topological polar surface area (TPSA) is 62.2 Å². The first-order valence-corrected chi connectivity index (χ1v) is 12.1. The third-order valence-corrected chi connectivity index (χ3v) is 6.66. The van der Waals surface area contributed by atoms with Crippen LogP contribution in [0.1, 0.15) is 36.3 Å². The van der Waals surface area contributed by atoms with E-state index in [2.05, 4.69) is 4.90 Å². The quantitative estimate of drug-likeness (QED) is 0.286. The van der Waals surface area contributed by atoms with Gasteiger partial charge >= 0.3 is 0 Å². The SMILES string of the molecule is OCOc1cc(O)ccc1OCCCN1CCC(C(c2ccc(F)cc2)c2ccc(F)c(F)c2)CC1. The van der Waals surface area contributed by atoms with Crippen molar-refractivity contribution in [2.75, 3.05) is 33.0 Å². The van der Waals surface area contributed by atoms with Gasteiger partial charge in [-0.1, -0.05) is 18.2 Å². The highest BCUT2D eigenvalue weighted by molar-refractivity contribution is 5.45. The van der Waals surface area contributed by atoms with E-state index in [1.54, 1.807) is 24.3 Å². The zero-order chi connectivity index (χ0) is 25.5. The van der Waals surface area contributed by atoms with E-state index in [-0.39, 0.29) is 29.2 Å². The van der Waals surface area contributed by atoms with Gasteiger partial charge in [-0.2, -0.15) is 0 Å². The van der Waals surface area contributed by atoms with Crippen molar-refractivity contribution in [2.45, 2.75) is 25.2 Å². The number of aromatic hydroxyl groups is 1. The largest absolute Gasteiger partial charge is 0.508 e. The molecule has 1 aliphatic rings. The number of halogens is 3. The number of ether oxygens (including phenoxy) is 2. The molecule has 0 amide bonds. The molecule has 36 heavy (non-hydrogen) atoms. The van der Waals surface area contributed by atoms with Gasteiger partial charge in [-0.15, -0.1) is 0 Å². The van der Waals surface area contributed by atoms with Gasteiger partial charge in [0.1, 0.15) is 11.6 Å². The molecule has 0 aliphatic carbocycles. The Hall–Kier alpha value is -3.23. The van der Waals surface area contributed by atoms with Crippen LogP contribution in [0.2, 0.25) is 0 Å². The molecule has 192 valence electrons. The third-order valence-electron chi connectivity index (χ3n) is 6.66. The Bertz CT molecular complexity index is 1130. The van der Waals surface area contributed by atoms with Crippen molar-refractivity contribution in [1.82, 2.24) is 4.90 Å². The normalized spacial score (nSPS) is 15.6. The molecule has 1 unspecified atom stereocenters. The first kappa shape index (κ1) is 25.9. The Morgan fingerprint density at radius 3 is 2.25 bits per heavy atom. The molecule has 2 N–H and O–H groups in total. The molecule has 4 rings (SSSR count). The van der Waals surface area contributed by atoms with Gasteiger partial charge in [-0.25, -0.2) is 13.2 Å². The van der Waals surface area contributed by atoms with E-state index in [0.29, 0.717) is 17.9 Å². The molecule has 0 bridgehead atoms. The number of aliphatic hydroxyl groups is 1. The Morgan fingerprint density at radius 2 is 1.56 bits per heavy atom. The van der Waals surface area contributed by atoms with Crippen LogP contribution in [0.15, 0.2) is 60.7 Å². The number of piperidine rings is 1. The summed E-state index contributed by atoms with van der Waals surface area (Å²) in [7, 11) is 0. The number of phenolic OH excluding ortho intramolecular Hbond substituents is 1. The number of phenols is 1. The summed E-state index contributed by atoms with van der Waals surface area (Å²) in [5, 5.41) is 18.6. The first-order chi connectivity index (χ1) is 17.4. The van der Waals surface area contributed by atoms with Crippen molar-refractivity contribution >= 4 is 0 Å². The highest BCUT2D eigenvalue weighted by atomic mass is 19.2. The van der Waals surface area contributed by atoms with Crippen LogP contribution in [0, 0.1) is 23.4 Å². The summed E-state index contributed by atoms with van der Waals surface area (Å²) in [4.78, 5) is 2.34. The van der Waals surface area contributed by atoms with Crippen molar-refractivity contribution in [3.63, 3.8) is 0 Å². The number of hydrogen-bond donors (Lipinski definition) is 2. The standard InChI is InChI=1S/C28H30F3NO4/c29-22-5-2-19(3-6-22)28(21-4-8-24(30)25(31)16-21)20-10-13-32(14-11-20)12-1-15-35-26-9-7-23(34)17-27(26)36-18-33/h2-9,16-17,20,28,33-34H,1,10-15,18H2. The van der Waals surface area contributed by atoms with Gasteiger partial charge < -0.3 is 24.6 Å². The second-order valence-corrected chi connectivity index (χ2v) is 8.99. The number of hydrogen-bond acceptors (Lipinski definition) is 5. The maximum Gasteiger partial charge on any atom is 0.186 e. The fraction of sp³-hybridized carbons (Fsp3) is 0.357. The Morgan fingerprint density at radius 1 is 0.833 bits per heavy atom. The first-order valence-electron chi connectivity index (χ1n) is 12.1. The van der Waals surface area contributed by atoms with E-state index in [1.807, 2.05) is 0 Å². The molecular weight excluding hydrogens is 471 g/mol. The van der Waals surface area contributed by atoms with Crippen molar-refractivity contribution < 1.29 is 32.9 Å². The number of aliphatic hydroxyl groups excluding tert-OH is 1. The zero-order valence-corrected chi connectivity index (χ0v) is 19.9. The average Bonchev–Trinajstić information content (AvgIpc) is 2.87. The van der Waals surface area contributed by atoms with Gasteiger partial charge in [-0.05, 0) is 85.8 Å². The van der Waals surface area contributed by atoms with Crippen LogP contribution in [0.5, 0.6) is 17.2 Å². The molecule has 0 radical (unpaired) electrons. The van der Waals surface area contributed by atoms with Gasteiger partial charge in [0.05, 0.1) is 6.61 Å². The molecule has 1 heterocycles. The van der Waals surface area contributed by atoms with Gasteiger partial charge in [0.15, 0.2) is 29.9 Å². The lowest BCUT2D eigenvalue weighted by Gasteiger charge is -2.36. The van der Waals surface area contributed by atoms with Crippen molar-refractivity contribution in [1.29, 1.82) is 0 Å². The second-order valence-electron chi connectivity index (χ2n) is 8.99. The van der Waals surface area contributed by atoms with Gasteiger partial charge in [0.25, 0.3) is 0 Å². The number of likely N-dealkylation sites (tertiary alicyclic amines) is 1. The van der Waals surface area contributed by atoms with Crippen LogP contribution in [-0.4, -0.2) is 48.1 Å². The van der Waals surface area contributed by atoms with Crippen molar-refractivity contribution in [2.24, 2.45) is 5.92 Å². The lowest BCUT2D eigenvalue weighted by atomic mass is 9.76. The molecule has 3 aromatic rings. The summed E-state index contributed by atoms with van der Waals surface area (Å²) in [5.41, 5.74) is 1.59.